The largest absolute Gasteiger partial charge is 0.370 e. The number of hydrogen-bond acceptors (Lipinski definition) is 8. The van der Waals surface area contributed by atoms with Crippen LogP contribution in [0.3, 0.4) is 0 Å². The van der Waals surface area contributed by atoms with Crippen molar-refractivity contribution in [3.05, 3.63) is 71.3 Å². The maximum absolute atomic E-state index is 13.6. The Labute approximate surface area is 286 Å². The van der Waals surface area contributed by atoms with Crippen LogP contribution in [0, 0.1) is 11.3 Å². The van der Waals surface area contributed by atoms with Crippen LogP contribution < -0.4 is 16.4 Å². The van der Waals surface area contributed by atoms with E-state index in [0.717, 1.165) is 16.7 Å². The number of amides is 3. The number of hydrogen-bond donors (Lipinski definition) is 3. The van der Waals surface area contributed by atoms with E-state index in [0.29, 0.717) is 25.9 Å². The van der Waals surface area contributed by atoms with Crippen LogP contribution in [0.15, 0.2) is 54.6 Å². The monoisotopic (exact) mass is 681 g/mol. The van der Waals surface area contributed by atoms with Gasteiger partial charge in [-0.05, 0) is 57.2 Å². The molecule has 0 fully saturated rings. The van der Waals surface area contributed by atoms with Gasteiger partial charge in [0.2, 0.25) is 17.7 Å². The molecule has 0 aliphatic carbocycles. The molecule has 3 amide bonds. The van der Waals surface area contributed by atoms with Crippen molar-refractivity contribution in [2.75, 3.05) is 6.61 Å². The first-order chi connectivity index (χ1) is 22.9. The molecule has 0 saturated heterocycles. The maximum atomic E-state index is 13.6. The van der Waals surface area contributed by atoms with Crippen LogP contribution in [0.25, 0.3) is 0 Å². The molecule has 12 heteroatoms. The van der Waals surface area contributed by atoms with Crippen molar-refractivity contribution < 1.29 is 28.2 Å². The molecule has 0 aromatic heterocycles. The minimum atomic E-state index is -1.39. The summed E-state index contributed by atoms with van der Waals surface area (Å²) in [6.07, 6.45) is 2.41. The summed E-state index contributed by atoms with van der Waals surface area (Å²) in [5, 5.41) is 14.6. The summed E-state index contributed by atoms with van der Waals surface area (Å²) in [4.78, 5) is 50.7. The summed E-state index contributed by atoms with van der Waals surface area (Å²) in [6.45, 7) is 10.6. The van der Waals surface area contributed by atoms with Gasteiger partial charge < -0.3 is 25.4 Å². The fraction of sp³-hybridized carbons (Fsp3) is 0.528. The van der Waals surface area contributed by atoms with E-state index in [2.05, 4.69) is 49.1 Å². The lowest BCUT2D eigenvalue weighted by molar-refractivity contribution is -0.131. The van der Waals surface area contributed by atoms with Crippen LogP contribution in [-0.4, -0.2) is 58.9 Å². The number of nitrogens with zero attached hydrogens (tertiary/aromatic N) is 2. The number of rotatable bonds is 23. The van der Waals surface area contributed by atoms with E-state index < -0.39 is 32.4 Å². The third kappa shape index (κ3) is 15.0. The molecule has 4 N–H and O–H groups in total. The first kappa shape index (κ1) is 40.5. The lowest BCUT2D eigenvalue weighted by Crippen LogP contribution is -2.52. The molecule has 3 atom stereocenters. The lowest BCUT2D eigenvalue weighted by atomic mass is 9.97. The van der Waals surface area contributed by atoms with Gasteiger partial charge in [0.1, 0.15) is 6.04 Å². The maximum Gasteiger partial charge on any atom is 0.259 e. The number of nitrogens with two attached hydrogens (primary N) is 1. The summed E-state index contributed by atoms with van der Waals surface area (Å²) in [5.74, 6) is -1.29. The highest BCUT2D eigenvalue weighted by atomic mass is 31.2. The second-order valence-electron chi connectivity index (χ2n) is 12.2. The molecule has 0 bridgehead atoms. The van der Waals surface area contributed by atoms with Crippen LogP contribution in [0.5, 0.6) is 0 Å². The molecule has 0 aliphatic rings. The molecule has 11 nitrogen and oxygen atoms in total. The van der Waals surface area contributed by atoms with E-state index in [1.807, 2.05) is 54.6 Å². The highest BCUT2D eigenvalue weighted by Crippen LogP contribution is 2.46. The lowest BCUT2D eigenvalue weighted by Gasteiger charge is -2.35. The van der Waals surface area contributed by atoms with Gasteiger partial charge in [-0.15, -0.1) is 0 Å². The number of unbranched alkanes of at least 4 members (excludes halogenated alkanes) is 1. The first-order valence-corrected chi connectivity index (χ1v) is 17.8. The van der Waals surface area contributed by atoms with E-state index in [-0.39, 0.29) is 62.5 Å². The Morgan fingerprint density at radius 2 is 1.52 bits per heavy atom. The quantitative estimate of drug-likeness (QED) is 0.106. The van der Waals surface area contributed by atoms with E-state index in [1.54, 1.807) is 6.92 Å². The van der Waals surface area contributed by atoms with E-state index in [9.17, 15) is 19.2 Å². The van der Waals surface area contributed by atoms with Gasteiger partial charge in [-0.3, -0.25) is 19.2 Å². The van der Waals surface area contributed by atoms with Crippen LogP contribution in [0.4, 0.5) is 0 Å². The molecule has 0 spiro atoms. The third-order valence-electron chi connectivity index (χ3n) is 7.53. The van der Waals surface area contributed by atoms with Crippen molar-refractivity contribution in [3.8, 4) is 6.07 Å². The fourth-order valence-corrected chi connectivity index (χ4v) is 6.71. The third-order valence-corrected chi connectivity index (χ3v) is 9.59. The van der Waals surface area contributed by atoms with Gasteiger partial charge in [-0.1, -0.05) is 67.9 Å². The summed E-state index contributed by atoms with van der Waals surface area (Å²) in [5.41, 5.74) is 7.86. The Bertz CT molecular complexity index is 1320. The Morgan fingerprint density at radius 1 is 0.875 bits per heavy atom. The van der Waals surface area contributed by atoms with Crippen molar-refractivity contribution in [2.45, 2.75) is 117 Å². The summed E-state index contributed by atoms with van der Waals surface area (Å²) in [7, 11) is -1.39. The van der Waals surface area contributed by atoms with Crippen molar-refractivity contribution in [3.63, 3.8) is 0 Å². The number of nitriles is 1. The van der Waals surface area contributed by atoms with Crippen LogP contribution in [-0.2, 0) is 47.7 Å². The van der Waals surface area contributed by atoms with Crippen molar-refractivity contribution in [1.82, 2.24) is 15.3 Å². The van der Waals surface area contributed by atoms with Crippen molar-refractivity contribution in [2.24, 2.45) is 5.73 Å². The smallest absolute Gasteiger partial charge is 0.259 e. The van der Waals surface area contributed by atoms with Crippen LogP contribution in [0.2, 0.25) is 0 Å². The topological polar surface area (TPSA) is 164 Å². The fourth-order valence-electron chi connectivity index (χ4n) is 5.11. The van der Waals surface area contributed by atoms with Crippen molar-refractivity contribution in [1.29, 1.82) is 5.26 Å². The van der Waals surface area contributed by atoms with Gasteiger partial charge >= 0.3 is 0 Å². The minimum Gasteiger partial charge on any atom is -0.370 e. The number of nitrogens with one attached hydrogen (secondary N) is 2. The summed E-state index contributed by atoms with van der Waals surface area (Å²) in [6, 6.07) is 17.7. The normalized spacial score (nSPS) is 13.1. The molecule has 262 valence electrons. The molecule has 2 rings (SSSR count). The highest BCUT2D eigenvalue weighted by molar-refractivity contribution is 7.44. The van der Waals surface area contributed by atoms with Gasteiger partial charge in [0.25, 0.3) is 8.53 Å². The van der Waals surface area contributed by atoms with E-state index >= 15 is 0 Å². The summed E-state index contributed by atoms with van der Waals surface area (Å²) < 4.78 is 14.4. The zero-order valence-corrected chi connectivity index (χ0v) is 29.8. The molecule has 2 aromatic carbocycles. The Hall–Kier alpha value is -3.68. The van der Waals surface area contributed by atoms with Crippen LogP contribution in [0.1, 0.15) is 89.8 Å². The second kappa shape index (κ2) is 22.0. The average molecular weight is 682 g/mol. The first-order valence-electron chi connectivity index (χ1n) is 16.7. The highest BCUT2D eigenvalue weighted by Gasteiger charge is 2.28. The molecule has 2 aromatic rings. The van der Waals surface area contributed by atoms with Crippen molar-refractivity contribution >= 4 is 32.0 Å². The predicted molar refractivity (Wildman–Crippen MR) is 187 cm³/mol. The Kier molecular flexibility index (Phi) is 18.6. The zero-order chi connectivity index (χ0) is 35.5. The molecule has 0 heterocycles. The Balaban J connectivity index is 2.14. The van der Waals surface area contributed by atoms with Crippen LogP contribution >= 0.6 is 8.53 Å². The molecule has 0 aliphatic heterocycles. The Morgan fingerprint density at radius 3 is 2.10 bits per heavy atom. The minimum absolute atomic E-state index is 0.0883. The molecule has 0 radical (unpaired) electrons. The average Bonchev–Trinajstić information content (AvgIpc) is 3.05. The number of primary amides is 1. The number of carbonyl (C=O) groups is 4. The molecule has 0 saturated carbocycles. The van der Waals surface area contributed by atoms with E-state index in [4.69, 9.17) is 20.0 Å². The SMILES string of the molecule is CCC(=O)NC(Cc1ccccc1)C(=O)NC(CCCCC(N)=O)C(=O)Cc1ccc(COP(OCCC#N)N(C(C)C)C(C)C)cc1. The molecule has 3 unspecified atom stereocenters. The number of carbonyl (C=O) groups excluding carboxylic acids is 4. The van der Waals surface area contributed by atoms with Gasteiger partial charge in [0, 0.05) is 37.8 Å². The van der Waals surface area contributed by atoms with Gasteiger partial charge in [0.15, 0.2) is 5.78 Å². The molecular formula is C36H52N5O6P. The molecular weight excluding hydrogens is 629 g/mol. The van der Waals surface area contributed by atoms with Gasteiger partial charge in [0.05, 0.1) is 31.7 Å². The number of benzene rings is 2. The van der Waals surface area contributed by atoms with E-state index in [1.165, 1.54) is 0 Å². The molecule has 48 heavy (non-hydrogen) atoms. The second-order valence-corrected chi connectivity index (χ2v) is 13.7. The van der Waals surface area contributed by atoms with Gasteiger partial charge in [-0.25, -0.2) is 4.67 Å². The van der Waals surface area contributed by atoms with Gasteiger partial charge in [-0.2, -0.15) is 5.26 Å². The standard InChI is InChI=1S/C36H52N5O6P/c1-6-35(44)39-32(23-28-13-8-7-9-14-28)36(45)40-31(15-10-11-16-34(38)43)33(42)24-29-17-19-30(20-18-29)25-47-48(46-22-12-21-37)41(26(2)3)27(4)5/h7-9,13-14,17-20,26-27,31-32H,6,10-12,15-16,22-25H2,1-5H3,(H2,38,43)(H,39,44)(H,40,45). The number of Topliss-reactive ketones (excluding diaryl/α,β-unsaturated/α-hetero) is 1. The predicted octanol–water partition coefficient (Wildman–Crippen LogP) is 5.26. The number of ketones is 1. The zero-order valence-electron chi connectivity index (χ0n) is 28.9. The summed E-state index contributed by atoms with van der Waals surface area (Å²) >= 11 is 0.